The summed E-state index contributed by atoms with van der Waals surface area (Å²) in [6.07, 6.45) is 0. The molecule has 1 aromatic rings. The highest BCUT2D eigenvalue weighted by molar-refractivity contribution is 7.89. The number of nitrogens with one attached hydrogen (secondary N) is 3. The van der Waals surface area contributed by atoms with Crippen molar-refractivity contribution in [2.75, 3.05) is 27.7 Å². The molecule has 0 aliphatic heterocycles. The minimum absolute atomic E-state index is 0. The smallest absolute Gasteiger partial charge is 0.251 e. The third-order valence-corrected chi connectivity index (χ3v) is 4.48. The molecule has 0 heterocycles. The van der Waals surface area contributed by atoms with Gasteiger partial charge in [0.25, 0.3) is 5.91 Å². The lowest BCUT2D eigenvalue weighted by Gasteiger charge is -2.13. The number of benzene rings is 1. The van der Waals surface area contributed by atoms with E-state index in [1.54, 1.807) is 7.05 Å². The number of hydrogen-bond donors (Lipinski definition) is 3. The number of ether oxygens (including phenoxy) is 1. The molecule has 1 aromatic carbocycles. The molecule has 0 spiro atoms. The van der Waals surface area contributed by atoms with Crippen LogP contribution in [0.5, 0.6) is 5.75 Å². The van der Waals surface area contributed by atoms with Crippen LogP contribution in [-0.4, -0.2) is 48.1 Å². The van der Waals surface area contributed by atoms with Crippen LogP contribution in [0.2, 0.25) is 0 Å². The van der Waals surface area contributed by atoms with Gasteiger partial charge in [0.15, 0.2) is 0 Å². The first-order chi connectivity index (χ1) is 9.85. The number of likely N-dealkylation sites (N-methyl/N-ethyl adjacent to an activating group) is 1. The van der Waals surface area contributed by atoms with Gasteiger partial charge in [0.2, 0.25) is 10.0 Å². The van der Waals surface area contributed by atoms with Gasteiger partial charge in [0.05, 0.1) is 7.11 Å². The van der Waals surface area contributed by atoms with Gasteiger partial charge in [-0.1, -0.05) is 0 Å². The molecule has 7 nitrogen and oxygen atoms in total. The van der Waals surface area contributed by atoms with Gasteiger partial charge in [-0.25, -0.2) is 13.1 Å². The van der Waals surface area contributed by atoms with E-state index in [-0.39, 0.29) is 40.6 Å². The standard InChI is InChI=1S/C13H21N3O4S.ClH/c1-9(14-2)8-16-13(17)10-5-6-11(20-4)12(7-10)21(18,19)15-3;/h5-7,9,14-15H,8H2,1-4H3,(H,16,17);1H. The van der Waals surface area contributed by atoms with Crippen LogP contribution in [0.3, 0.4) is 0 Å². The minimum Gasteiger partial charge on any atom is -0.495 e. The van der Waals surface area contributed by atoms with Gasteiger partial charge in [-0.2, -0.15) is 0 Å². The fourth-order valence-electron chi connectivity index (χ4n) is 1.59. The van der Waals surface area contributed by atoms with Crippen molar-refractivity contribution in [2.45, 2.75) is 17.9 Å². The normalized spacial score (nSPS) is 12.2. The predicted molar refractivity (Wildman–Crippen MR) is 87.3 cm³/mol. The Hall–Kier alpha value is -1.35. The van der Waals surface area contributed by atoms with Crippen LogP contribution in [0.1, 0.15) is 17.3 Å². The van der Waals surface area contributed by atoms with Crippen molar-refractivity contribution in [2.24, 2.45) is 0 Å². The number of halogens is 1. The maximum atomic E-state index is 12.0. The van der Waals surface area contributed by atoms with Crippen molar-refractivity contribution in [3.63, 3.8) is 0 Å². The average molecular weight is 352 g/mol. The van der Waals surface area contributed by atoms with Gasteiger partial charge in [-0.05, 0) is 39.2 Å². The molecule has 0 aromatic heterocycles. The third-order valence-electron chi connectivity index (χ3n) is 3.05. The molecule has 3 N–H and O–H groups in total. The molecule has 0 saturated heterocycles. The number of sulfonamides is 1. The fourth-order valence-corrected chi connectivity index (χ4v) is 2.51. The van der Waals surface area contributed by atoms with Gasteiger partial charge in [-0.15, -0.1) is 12.4 Å². The molecule has 1 rings (SSSR count). The Morgan fingerprint density at radius 3 is 2.45 bits per heavy atom. The molecule has 126 valence electrons. The largest absolute Gasteiger partial charge is 0.495 e. The summed E-state index contributed by atoms with van der Waals surface area (Å²) in [4.78, 5) is 12.0. The highest BCUT2D eigenvalue weighted by Gasteiger charge is 2.20. The molecule has 9 heteroatoms. The minimum atomic E-state index is -3.70. The highest BCUT2D eigenvalue weighted by atomic mass is 35.5. The van der Waals surface area contributed by atoms with Crippen molar-refractivity contribution in [3.8, 4) is 5.75 Å². The molecule has 0 aliphatic rings. The quantitative estimate of drug-likeness (QED) is 0.659. The van der Waals surface area contributed by atoms with Crippen molar-refractivity contribution in [1.29, 1.82) is 0 Å². The topological polar surface area (TPSA) is 96.5 Å². The Labute approximate surface area is 137 Å². The van der Waals surface area contributed by atoms with Crippen LogP contribution in [0.15, 0.2) is 23.1 Å². The second kappa shape index (κ2) is 8.94. The summed E-state index contributed by atoms with van der Waals surface area (Å²) in [7, 11) is 0.768. The van der Waals surface area contributed by atoms with Crippen molar-refractivity contribution in [3.05, 3.63) is 23.8 Å². The van der Waals surface area contributed by atoms with Crippen LogP contribution >= 0.6 is 12.4 Å². The summed E-state index contributed by atoms with van der Waals surface area (Å²) < 4.78 is 31.1. The van der Waals surface area contributed by atoms with E-state index in [0.717, 1.165) is 0 Å². The lowest BCUT2D eigenvalue weighted by Crippen LogP contribution is -2.37. The summed E-state index contributed by atoms with van der Waals surface area (Å²) in [6, 6.07) is 4.39. The maximum Gasteiger partial charge on any atom is 0.251 e. The summed E-state index contributed by atoms with van der Waals surface area (Å²) in [5.74, 6) is -0.156. The Bertz CT molecular complexity index is 607. The first-order valence-electron chi connectivity index (χ1n) is 6.42. The second-order valence-electron chi connectivity index (χ2n) is 4.47. The molecule has 0 fully saturated rings. The Balaban J connectivity index is 0.00000441. The van der Waals surface area contributed by atoms with Gasteiger partial charge in [0, 0.05) is 18.2 Å². The fraction of sp³-hybridized carbons (Fsp3) is 0.462. The highest BCUT2D eigenvalue weighted by Crippen LogP contribution is 2.24. The molecule has 1 amide bonds. The van der Waals surface area contributed by atoms with Gasteiger partial charge in [0.1, 0.15) is 10.6 Å². The SMILES string of the molecule is CNC(C)CNC(=O)c1ccc(OC)c(S(=O)(=O)NC)c1.Cl. The summed E-state index contributed by atoms with van der Waals surface area (Å²) in [5, 5.41) is 5.72. The first kappa shape index (κ1) is 20.6. The third kappa shape index (κ3) is 5.13. The van der Waals surface area contributed by atoms with Crippen LogP contribution < -0.4 is 20.1 Å². The number of amides is 1. The van der Waals surface area contributed by atoms with E-state index in [9.17, 15) is 13.2 Å². The molecule has 0 radical (unpaired) electrons. The molecule has 1 atom stereocenters. The van der Waals surface area contributed by atoms with E-state index in [0.29, 0.717) is 6.54 Å². The molecule has 1 unspecified atom stereocenters. The lowest BCUT2D eigenvalue weighted by atomic mass is 10.2. The Kier molecular flexibility index (Phi) is 8.39. The van der Waals surface area contributed by atoms with Crippen molar-refractivity contribution in [1.82, 2.24) is 15.4 Å². The van der Waals surface area contributed by atoms with E-state index in [4.69, 9.17) is 4.74 Å². The number of carbonyl (C=O) groups excluding carboxylic acids is 1. The zero-order valence-corrected chi connectivity index (χ0v) is 14.6. The average Bonchev–Trinajstić information content (AvgIpc) is 2.51. The van der Waals surface area contributed by atoms with E-state index in [1.807, 2.05) is 6.92 Å². The van der Waals surface area contributed by atoms with Gasteiger partial charge in [-0.3, -0.25) is 4.79 Å². The van der Waals surface area contributed by atoms with Crippen LogP contribution in [0.25, 0.3) is 0 Å². The molecule has 0 saturated carbocycles. The molecular formula is C13H22ClN3O4S. The molecule has 0 aliphatic carbocycles. The summed E-state index contributed by atoms with van der Waals surface area (Å²) in [5.41, 5.74) is 0.257. The zero-order chi connectivity index (χ0) is 16.0. The predicted octanol–water partition coefficient (Wildman–Crippen LogP) is 0.363. The Morgan fingerprint density at radius 2 is 1.95 bits per heavy atom. The van der Waals surface area contributed by atoms with Crippen molar-refractivity contribution >= 4 is 28.3 Å². The molecule has 22 heavy (non-hydrogen) atoms. The monoisotopic (exact) mass is 351 g/mol. The molecular weight excluding hydrogens is 330 g/mol. The number of methoxy groups -OCH3 is 1. The first-order valence-corrected chi connectivity index (χ1v) is 7.91. The van der Waals surface area contributed by atoms with E-state index in [1.165, 1.54) is 32.4 Å². The molecule has 0 bridgehead atoms. The summed E-state index contributed by atoms with van der Waals surface area (Å²) >= 11 is 0. The lowest BCUT2D eigenvalue weighted by molar-refractivity contribution is 0.0950. The van der Waals surface area contributed by atoms with Crippen LogP contribution in [0, 0.1) is 0 Å². The van der Waals surface area contributed by atoms with E-state index in [2.05, 4.69) is 15.4 Å². The zero-order valence-electron chi connectivity index (χ0n) is 13.0. The van der Waals surface area contributed by atoms with Crippen LogP contribution in [-0.2, 0) is 10.0 Å². The van der Waals surface area contributed by atoms with Gasteiger partial charge >= 0.3 is 0 Å². The summed E-state index contributed by atoms with van der Waals surface area (Å²) in [6.45, 7) is 2.36. The number of rotatable bonds is 7. The van der Waals surface area contributed by atoms with E-state index < -0.39 is 10.0 Å². The second-order valence-corrected chi connectivity index (χ2v) is 6.33. The maximum absolute atomic E-state index is 12.0. The van der Waals surface area contributed by atoms with E-state index >= 15 is 0 Å². The van der Waals surface area contributed by atoms with Crippen LogP contribution in [0.4, 0.5) is 0 Å². The Morgan fingerprint density at radius 1 is 1.32 bits per heavy atom. The van der Waals surface area contributed by atoms with Gasteiger partial charge < -0.3 is 15.4 Å². The van der Waals surface area contributed by atoms with Crippen molar-refractivity contribution < 1.29 is 17.9 Å². The number of carbonyl (C=O) groups is 1. The number of hydrogen-bond acceptors (Lipinski definition) is 5.